The van der Waals surface area contributed by atoms with Gasteiger partial charge in [0.05, 0.1) is 76.3 Å². The van der Waals surface area contributed by atoms with Crippen LogP contribution in [0.3, 0.4) is 0 Å². The van der Waals surface area contributed by atoms with Crippen LogP contribution in [-0.2, 0) is 27.2 Å². The largest absolute Gasteiger partial charge is 0.382 e. The Morgan fingerprint density at radius 3 is 1.48 bits per heavy atom. The summed E-state index contributed by atoms with van der Waals surface area (Å²) in [6, 6.07) is 6.07. The maximum atomic E-state index is 14.8. The molecule has 192 valence electrons. The summed E-state index contributed by atoms with van der Waals surface area (Å²) < 4.78 is 115. The quantitative estimate of drug-likeness (QED) is 0.346. The fourth-order valence-electron chi connectivity index (χ4n) is 4.61. The Hall–Kier alpha value is -2.39. The molecule has 18 radical (unpaired) electrons. The van der Waals surface area contributed by atoms with Crippen LogP contribution < -0.4 is 0 Å². The lowest BCUT2D eigenvalue weighted by atomic mass is 9.34. The van der Waals surface area contributed by atoms with E-state index in [-0.39, 0.29) is 45.6 Å². The number of hydrogen-bond acceptors (Lipinski definition) is 1. The molecule has 1 nitrogen and oxygen atoms in total. The first kappa shape index (κ1) is 32.5. The van der Waals surface area contributed by atoms with Crippen molar-refractivity contribution in [1.29, 1.82) is 0 Å². The highest BCUT2D eigenvalue weighted by Gasteiger charge is 2.85. The van der Waals surface area contributed by atoms with E-state index in [1.807, 2.05) is 0 Å². The highest BCUT2D eigenvalue weighted by molar-refractivity contribution is 6.61. The second-order valence-electron chi connectivity index (χ2n) is 10.2. The van der Waals surface area contributed by atoms with Gasteiger partial charge < -0.3 is 0 Å². The summed E-state index contributed by atoms with van der Waals surface area (Å²) in [5.41, 5.74) is -4.89. The molecular formula is C24H8B9F8N. The molecule has 1 aromatic heterocycles. The SMILES string of the molecule is [B]C([B])([B])c1ccc(-c2cc(C([B])([B])[B])c(C([B])([B])[B])cn2)cc1-c1ccc2c(c1)C(F)(F)C(F)(F)C(F)(F)C2(F)F. The van der Waals surface area contributed by atoms with Crippen molar-refractivity contribution in [2.45, 2.75) is 39.0 Å². The molecule has 0 bridgehead atoms. The first-order valence-electron chi connectivity index (χ1n) is 11.7. The van der Waals surface area contributed by atoms with Gasteiger partial charge in [-0.2, -0.15) is 35.1 Å². The van der Waals surface area contributed by atoms with Gasteiger partial charge in [0.15, 0.2) is 0 Å². The Balaban J connectivity index is 1.99. The van der Waals surface area contributed by atoms with Gasteiger partial charge in [-0.25, -0.2) is 0 Å². The van der Waals surface area contributed by atoms with Gasteiger partial charge in [0, 0.05) is 22.9 Å². The van der Waals surface area contributed by atoms with Gasteiger partial charge in [0.1, 0.15) is 0 Å². The van der Waals surface area contributed by atoms with Crippen molar-refractivity contribution in [3.63, 3.8) is 0 Å². The van der Waals surface area contributed by atoms with Crippen molar-refractivity contribution in [3.8, 4) is 22.4 Å². The van der Waals surface area contributed by atoms with Gasteiger partial charge >= 0.3 is 23.7 Å². The molecule has 18 heteroatoms. The third-order valence-electron chi connectivity index (χ3n) is 6.81. The fourth-order valence-corrected chi connectivity index (χ4v) is 4.61. The minimum atomic E-state index is -6.45. The predicted octanol–water partition coefficient (Wildman–Crippen LogP) is 2.73. The Kier molecular flexibility index (Phi) is 7.40. The van der Waals surface area contributed by atoms with Crippen LogP contribution in [0.1, 0.15) is 27.8 Å². The van der Waals surface area contributed by atoms with Crippen LogP contribution in [0.5, 0.6) is 0 Å². The topological polar surface area (TPSA) is 12.9 Å². The zero-order valence-corrected chi connectivity index (χ0v) is 21.3. The molecule has 0 saturated heterocycles. The van der Waals surface area contributed by atoms with Crippen LogP contribution >= 0.6 is 0 Å². The number of alkyl halides is 8. The Morgan fingerprint density at radius 1 is 0.500 bits per heavy atom. The highest BCUT2D eigenvalue weighted by Crippen LogP contribution is 2.64. The molecule has 4 rings (SSSR count). The van der Waals surface area contributed by atoms with Gasteiger partial charge in [-0.05, 0) is 34.9 Å². The number of halogens is 8. The van der Waals surface area contributed by atoms with E-state index >= 15 is 0 Å². The maximum absolute atomic E-state index is 14.8. The van der Waals surface area contributed by atoms with Gasteiger partial charge in [0.2, 0.25) is 0 Å². The minimum Gasteiger partial charge on any atom is -0.256 e. The van der Waals surface area contributed by atoms with E-state index in [0.29, 0.717) is 0 Å². The summed E-state index contributed by atoms with van der Waals surface area (Å²) in [4.78, 5) is 4.16. The lowest BCUT2D eigenvalue weighted by Gasteiger charge is -2.43. The summed E-state index contributed by atoms with van der Waals surface area (Å²) in [6.45, 7) is 0. The van der Waals surface area contributed by atoms with Crippen molar-refractivity contribution in [2.75, 3.05) is 0 Å². The van der Waals surface area contributed by atoms with Crippen molar-refractivity contribution >= 4 is 70.6 Å². The van der Waals surface area contributed by atoms with Gasteiger partial charge in [0.25, 0.3) is 0 Å². The molecule has 1 aliphatic carbocycles. The van der Waals surface area contributed by atoms with Crippen LogP contribution in [0.25, 0.3) is 22.4 Å². The summed E-state index contributed by atoms with van der Waals surface area (Å²) in [5.74, 6) is -24.2. The molecule has 1 aliphatic rings. The summed E-state index contributed by atoms with van der Waals surface area (Å²) in [6.07, 6.45) is 1.10. The normalized spacial score (nSPS) is 19.1. The third kappa shape index (κ3) is 4.88. The number of fused-ring (bicyclic) bond motifs is 1. The lowest BCUT2D eigenvalue weighted by molar-refractivity contribution is -0.386. The third-order valence-corrected chi connectivity index (χ3v) is 6.81. The Morgan fingerprint density at radius 2 is 0.976 bits per heavy atom. The lowest BCUT2D eigenvalue weighted by Crippen LogP contribution is -2.63. The predicted molar refractivity (Wildman–Crippen MR) is 150 cm³/mol. The average molecular weight is 560 g/mol. The molecule has 1 heterocycles. The van der Waals surface area contributed by atoms with Crippen LogP contribution in [0.4, 0.5) is 35.1 Å². The highest BCUT2D eigenvalue weighted by atomic mass is 19.4. The van der Waals surface area contributed by atoms with Crippen molar-refractivity contribution in [3.05, 3.63) is 76.5 Å². The molecule has 2 aromatic carbocycles. The van der Waals surface area contributed by atoms with E-state index in [2.05, 4.69) is 4.98 Å². The Bertz CT molecular complexity index is 1560. The monoisotopic (exact) mass is 561 g/mol. The minimum absolute atomic E-state index is 0.0363. The summed E-state index contributed by atoms with van der Waals surface area (Å²) in [7, 11) is 52.1. The summed E-state index contributed by atoms with van der Waals surface area (Å²) in [5, 5.41) is -6.25. The van der Waals surface area contributed by atoms with Gasteiger partial charge in [-0.3, -0.25) is 4.98 Å². The molecule has 3 aromatic rings. The fraction of sp³-hybridized carbons (Fsp3) is 0.292. The first-order chi connectivity index (χ1) is 18.8. The molecule has 0 unspecified atom stereocenters. The summed E-state index contributed by atoms with van der Waals surface area (Å²) >= 11 is 0. The van der Waals surface area contributed by atoms with E-state index in [1.54, 1.807) is 0 Å². The standard InChI is InChI=1S/C24H8B9F8N/c25-20(26,27)12-3-2-10(17-7-15(21(28,29)30)16(8-42-17)22(31,32)33)5-11(12)9-1-4-13-14(6-9)19(36,37)24(40,41)23(38,39)18(13,34)35/h1-8H. The number of nitrogens with zero attached hydrogens (tertiary/aromatic N) is 1. The van der Waals surface area contributed by atoms with Crippen molar-refractivity contribution < 1.29 is 35.1 Å². The van der Waals surface area contributed by atoms with Crippen molar-refractivity contribution in [2.24, 2.45) is 0 Å². The molecule has 0 aliphatic heterocycles. The number of hydrogen-bond donors (Lipinski definition) is 0. The van der Waals surface area contributed by atoms with E-state index < -0.39 is 55.7 Å². The smallest absolute Gasteiger partial charge is 0.256 e. The maximum Gasteiger partial charge on any atom is 0.382 e. The second kappa shape index (κ2) is 9.56. The second-order valence-corrected chi connectivity index (χ2v) is 10.2. The molecular weight excluding hydrogens is 552 g/mol. The molecule has 0 fully saturated rings. The number of pyridine rings is 1. The van der Waals surface area contributed by atoms with Crippen LogP contribution in [0.2, 0.25) is 0 Å². The molecule has 0 amide bonds. The average Bonchev–Trinajstić information content (AvgIpc) is 2.85. The van der Waals surface area contributed by atoms with Gasteiger partial charge in [-0.15, -0.1) is 15.3 Å². The van der Waals surface area contributed by atoms with Crippen LogP contribution in [-0.4, -0.2) is 87.4 Å². The zero-order valence-electron chi connectivity index (χ0n) is 21.3. The molecule has 0 saturated carbocycles. The van der Waals surface area contributed by atoms with E-state index in [4.69, 9.17) is 70.6 Å². The van der Waals surface area contributed by atoms with Crippen LogP contribution in [0.15, 0.2) is 48.7 Å². The van der Waals surface area contributed by atoms with Crippen molar-refractivity contribution in [1.82, 2.24) is 4.98 Å². The molecule has 0 spiro atoms. The number of benzene rings is 2. The van der Waals surface area contributed by atoms with E-state index in [0.717, 1.165) is 12.3 Å². The first-order valence-corrected chi connectivity index (χ1v) is 11.7. The molecule has 0 N–H and O–H groups in total. The van der Waals surface area contributed by atoms with Gasteiger partial charge in [-0.1, -0.05) is 35.4 Å². The van der Waals surface area contributed by atoms with Crippen LogP contribution in [0, 0.1) is 0 Å². The number of aromatic nitrogens is 1. The van der Waals surface area contributed by atoms with E-state index in [1.165, 1.54) is 24.3 Å². The Labute approximate surface area is 248 Å². The van der Waals surface area contributed by atoms with E-state index in [9.17, 15) is 35.1 Å². The zero-order chi connectivity index (χ0) is 32.1. The number of rotatable bonds is 5. The molecule has 42 heavy (non-hydrogen) atoms. The molecule has 0 atom stereocenters.